The van der Waals surface area contributed by atoms with Gasteiger partial charge in [-0.3, -0.25) is 0 Å². The highest BCUT2D eigenvalue weighted by Crippen LogP contribution is 2.18. The Hall–Kier alpha value is -0.950. The van der Waals surface area contributed by atoms with Crippen LogP contribution in [-0.4, -0.2) is 39.5 Å². The summed E-state index contributed by atoms with van der Waals surface area (Å²) in [5, 5.41) is 0. The van der Waals surface area contributed by atoms with Crippen LogP contribution < -0.4 is 5.73 Å². The monoisotopic (exact) mass is 312 g/mol. The third kappa shape index (κ3) is 4.78. The zero-order chi connectivity index (χ0) is 15.3. The van der Waals surface area contributed by atoms with Crippen LogP contribution in [0, 0.1) is 5.92 Å². The first kappa shape index (κ1) is 16.4. The van der Waals surface area contributed by atoms with E-state index in [2.05, 4.69) is 0 Å². The fourth-order valence-electron chi connectivity index (χ4n) is 2.50. The van der Waals surface area contributed by atoms with Gasteiger partial charge in [-0.25, -0.2) is 12.7 Å². The van der Waals surface area contributed by atoms with Crippen molar-refractivity contribution >= 4 is 10.0 Å². The van der Waals surface area contributed by atoms with E-state index in [4.69, 9.17) is 10.5 Å². The van der Waals surface area contributed by atoms with Gasteiger partial charge in [0.05, 0.1) is 5.75 Å². The number of hydrogen-bond donors (Lipinski definition) is 1. The minimum atomic E-state index is -3.27. The van der Waals surface area contributed by atoms with Gasteiger partial charge in [0.15, 0.2) is 0 Å². The normalized spacial score (nSPS) is 17.3. The summed E-state index contributed by atoms with van der Waals surface area (Å²) in [5.74, 6) is 0.440. The molecule has 1 aliphatic heterocycles. The van der Waals surface area contributed by atoms with E-state index in [9.17, 15) is 8.42 Å². The van der Waals surface area contributed by atoms with Gasteiger partial charge in [0.1, 0.15) is 0 Å². The van der Waals surface area contributed by atoms with Crippen molar-refractivity contribution in [3.05, 3.63) is 35.4 Å². The number of nitrogens with zero attached hydrogens (tertiary/aromatic N) is 1. The molecular weight excluding hydrogens is 288 g/mol. The van der Waals surface area contributed by atoms with Crippen LogP contribution in [0.25, 0.3) is 0 Å². The molecule has 0 bridgehead atoms. The molecule has 21 heavy (non-hydrogen) atoms. The van der Waals surface area contributed by atoms with Gasteiger partial charge in [0.2, 0.25) is 10.0 Å². The summed E-state index contributed by atoms with van der Waals surface area (Å²) in [6.07, 6.45) is 1.87. The van der Waals surface area contributed by atoms with E-state index in [1.165, 1.54) is 4.31 Å². The molecule has 1 heterocycles. The number of sulfonamides is 1. The van der Waals surface area contributed by atoms with Crippen molar-refractivity contribution < 1.29 is 13.2 Å². The number of nitrogens with two attached hydrogens (primary N) is 1. The van der Waals surface area contributed by atoms with Gasteiger partial charge in [-0.15, -0.1) is 0 Å². The second-order valence-corrected chi connectivity index (χ2v) is 7.69. The standard InChI is InChI=1S/C15H24N2O3S/c1-17(11-14-6-8-20-9-7-14)21(18,19)12-15-4-2-13(10-16)3-5-15/h2-5,14H,6-12,16H2,1H3. The Morgan fingerprint density at radius 3 is 2.33 bits per heavy atom. The minimum absolute atomic E-state index is 0.0393. The second kappa shape index (κ2) is 7.35. The molecular formula is C15H24N2O3S. The third-order valence-corrected chi connectivity index (χ3v) is 5.74. The van der Waals surface area contributed by atoms with E-state index in [1.807, 2.05) is 24.3 Å². The highest BCUT2D eigenvalue weighted by Gasteiger charge is 2.23. The number of hydrogen-bond acceptors (Lipinski definition) is 4. The lowest BCUT2D eigenvalue weighted by molar-refractivity contribution is 0.0620. The molecule has 0 atom stereocenters. The summed E-state index contributed by atoms with van der Waals surface area (Å²) < 4.78 is 31.6. The van der Waals surface area contributed by atoms with Crippen molar-refractivity contribution in [2.75, 3.05) is 26.8 Å². The Bertz CT molecular complexity index is 537. The van der Waals surface area contributed by atoms with Gasteiger partial charge in [0.25, 0.3) is 0 Å². The van der Waals surface area contributed by atoms with Crippen molar-refractivity contribution in [2.45, 2.75) is 25.1 Å². The summed E-state index contributed by atoms with van der Waals surface area (Å²) >= 11 is 0. The maximum atomic E-state index is 12.4. The zero-order valence-corrected chi connectivity index (χ0v) is 13.3. The van der Waals surface area contributed by atoms with Gasteiger partial charge in [-0.1, -0.05) is 24.3 Å². The average Bonchev–Trinajstić information content (AvgIpc) is 2.48. The van der Waals surface area contributed by atoms with Crippen LogP contribution in [0.5, 0.6) is 0 Å². The van der Waals surface area contributed by atoms with Crippen LogP contribution >= 0.6 is 0 Å². The molecule has 0 aromatic heterocycles. The third-order valence-electron chi connectivity index (χ3n) is 3.94. The molecule has 118 valence electrons. The molecule has 1 aromatic carbocycles. The molecule has 5 nitrogen and oxygen atoms in total. The molecule has 0 saturated carbocycles. The predicted molar refractivity (Wildman–Crippen MR) is 83.1 cm³/mol. The van der Waals surface area contributed by atoms with Crippen LogP contribution in [0.4, 0.5) is 0 Å². The fourth-order valence-corrected chi connectivity index (χ4v) is 3.77. The highest BCUT2D eigenvalue weighted by molar-refractivity contribution is 7.88. The van der Waals surface area contributed by atoms with Crippen molar-refractivity contribution in [3.63, 3.8) is 0 Å². The first-order valence-corrected chi connectivity index (χ1v) is 8.92. The van der Waals surface area contributed by atoms with Crippen LogP contribution in [0.1, 0.15) is 24.0 Å². The van der Waals surface area contributed by atoms with Gasteiger partial charge < -0.3 is 10.5 Å². The van der Waals surface area contributed by atoms with Crippen molar-refractivity contribution in [1.29, 1.82) is 0 Å². The molecule has 0 amide bonds. The molecule has 2 rings (SSSR count). The Morgan fingerprint density at radius 1 is 1.19 bits per heavy atom. The van der Waals surface area contributed by atoms with Gasteiger partial charge in [-0.2, -0.15) is 0 Å². The van der Waals surface area contributed by atoms with Crippen LogP contribution in [0.2, 0.25) is 0 Å². The van der Waals surface area contributed by atoms with E-state index in [1.54, 1.807) is 7.05 Å². The number of rotatable bonds is 6. The van der Waals surface area contributed by atoms with Crippen molar-refractivity contribution in [1.82, 2.24) is 4.31 Å². The molecule has 0 spiro atoms. The Balaban J connectivity index is 1.95. The van der Waals surface area contributed by atoms with Crippen LogP contribution in [0.15, 0.2) is 24.3 Å². The topological polar surface area (TPSA) is 72.6 Å². The largest absolute Gasteiger partial charge is 0.381 e. The summed E-state index contributed by atoms with van der Waals surface area (Å²) in [6.45, 7) is 2.52. The molecule has 1 aromatic rings. The van der Waals surface area contributed by atoms with Crippen molar-refractivity contribution in [3.8, 4) is 0 Å². The molecule has 2 N–H and O–H groups in total. The molecule has 0 radical (unpaired) electrons. The lowest BCUT2D eigenvalue weighted by atomic mass is 10.0. The number of benzene rings is 1. The van der Waals surface area contributed by atoms with E-state index in [0.29, 0.717) is 19.0 Å². The number of ether oxygens (including phenoxy) is 1. The molecule has 0 aliphatic carbocycles. The lowest BCUT2D eigenvalue weighted by Crippen LogP contribution is -2.34. The summed E-state index contributed by atoms with van der Waals surface area (Å²) in [6, 6.07) is 7.43. The molecule has 1 fully saturated rings. The Labute approximate surface area is 127 Å². The highest BCUT2D eigenvalue weighted by atomic mass is 32.2. The Kier molecular flexibility index (Phi) is 5.75. The van der Waals surface area contributed by atoms with E-state index in [-0.39, 0.29) is 5.75 Å². The first-order valence-electron chi connectivity index (χ1n) is 7.31. The smallest absolute Gasteiger partial charge is 0.218 e. The Morgan fingerprint density at radius 2 is 1.76 bits per heavy atom. The minimum Gasteiger partial charge on any atom is -0.381 e. The first-order chi connectivity index (χ1) is 10.0. The van der Waals surface area contributed by atoms with E-state index in [0.717, 1.165) is 37.2 Å². The SMILES string of the molecule is CN(CC1CCOCC1)S(=O)(=O)Cc1ccc(CN)cc1. The average molecular weight is 312 g/mol. The summed E-state index contributed by atoms with van der Waals surface area (Å²) in [7, 11) is -1.61. The molecule has 1 aliphatic rings. The fraction of sp³-hybridized carbons (Fsp3) is 0.600. The van der Waals surface area contributed by atoms with Crippen molar-refractivity contribution in [2.24, 2.45) is 11.7 Å². The molecule has 6 heteroatoms. The lowest BCUT2D eigenvalue weighted by Gasteiger charge is -2.26. The predicted octanol–water partition coefficient (Wildman–Crippen LogP) is 1.33. The van der Waals surface area contributed by atoms with Gasteiger partial charge in [-0.05, 0) is 29.9 Å². The van der Waals surface area contributed by atoms with Gasteiger partial charge in [0, 0.05) is 33.4 Å². The van der Waals surface area contributed by atoms with E-state index >= 15 is 0 Å². The molecule has 0 unspecified atom stereocenters. The zero-order valence-electron chi connectivity index (χ0n) is 12.5. The van der Waals surface area contributed by atoms with Gasteiger partial charge >= 0.3 is 0 Å². The quantitative estimate of drug-likeness (QED) is 0.860. The second-order valence-electron chi connectivity index (χ2n) is 5.61. The van der Waals surface area contributed by atoms with E-state index < -0.39 is 10.0 Å². The maximum Gasteiger partial charge on any atom is 0.218 e. The summed E-state index contributed by atoms with van der Waals surface area (Å²) in [4.78, 5) is 0. The molecule has 1 saturated heterocycles. The maximum absolute atomic E-state index is 12.4. The summed E-state index contributed by atoms with van der Waals surface area (Å²) in [5.41, 5.74) is 7.35. The van der Waals surface area contributed by atoms with Crippen LogP contribution in [-0.2, 0) is 27.1 Å². The van der Waals surface area contributed by atoms with Crippen LogP contribution in [0.3, 0.4) is 0 Å².